The molecule has 0 aliphatic rings. The second-order valence-corrected chi connectivity index (χ2v) is 3.90. The minimum Gasteiger partial charge on any atom is -0.345 e. The Kier molecular flexibility index (Phi) is 5.20. The third kappa shape index (κ3) is 4.68. The van der Waals surface area contributed by atoms with E-state index in [1.807, 2.05) is 37.3 Å². The normalized spacial score (nSPS) is 11.6. The highest BCUT2D eigenvalue weighted by Crippen LogP contribution is 2.07. The molecule has 0 aliphatic carbocycles. The zero-order valence-corrected chi connectivity index (χ0v) is 10.2. The summed E-state index contributed by atoms with van der Waals surface area (Å²) in [7, 11) is 0. The van der Waals surface area contributed by atoms with Crippen molar-refractivity contribution >= 4 is 17.5 Å². The number of nitrogens with one attached hydrogen (secondary N) is 2. The molecule has 1 aromatic rings. The number of carbonyl (C=O) groups excluding carboxylic acids is 2. The minimum absolute atomic E-state index is 0.173. The molecule has 1 aromatic carbocycles. The third-order valence-corrected chi connectivity index (χ3v) is 2.31. The van der Waals surface area contributed by atoms with Crippen LogP contribution < -0.4 is 10.6 Å². The van der Waals surface area contributed by atoms with E-state index in [0.29, 0.717) is 6.42 Å². The Hall–Kier alpha value is -1.84. The molecule has 2 N–H and O–H groups in total. The van der Waals surface area contributed by atoms with Gasteiger partial charge in [-0.1, -0.05) is 31.5 Å². The van der Waals surface area contributed by atoms with Crippen molar-refractivity contribution in [1.29, 1.82) is 0 Å². The van der Waals surface area contributed by atoms with Crippen molar-refractivity contribution in [2.45, 2.75) is 32.7 Å². The van der Waals surface area contributed by atoms with Gasteiger partial charge in [0.2, 0.25) is 11.8 Å². The van der Waals surface area contributed by atoms with Crippen molar-refractivity contribution in [3.63, 3.8) is 0 Å². The van der Waals surface area contributed by atoms with Crippen LogP contribution in [0.15, 0.2) is 30.3 Å². The third-order valence-electron chi connectivity index (χ3n) is 2.31. The summed E-state index contributed by atoms with van der Waals surface area (Å²) in [6.45, 7) is 3.39. The molecule has 0 saturated heterocycles. The fourth-order valence-electron chi connectivity index (χ4n) is 1.55. The predicted octanol–water partition coefficient (Wildman–Crippen LogP) is 1.93. The van der Waals surface area contributed by atoms with Gasteiger partial charge in [0, 0.05) is 12.6 Å². The predicted molar refractivity (Wildman–Crippen MR) is 67.6 cm³/mol. The fourth-order valence-corrected chi connectivity index (χ4v) is 1.55. The van der Waals surface area contributed by atoms with E-state index in [9.17, 15) is 9.59 Å². The van der Waals surface area contributed by atoms with E-state index in [4.69, 9.17) is 0 Å². The van der Waals surface area contributed by atoms with E-state index in [2.05, 4.69) is 10.6 Å². The maximum absolute atomic E-state index is 11.9. The Morgan fingerprint density at radius 2 is 1.88 bits per heavy atom. The van der Waals surface area contributed by atoms with Crippen LogP contribution in [0.4, 0.5) is 5.69 Å². The van der Waals surface area contributed by atoms with Gasteiger partial charge >= 0.3 is 0 Å². The van der Waals surface area contributed by atoms with E-state index >= 15 is 0 Å². The topological polar surface area (TPSA) is 58.2 Å². The lowest BCUT2D eigenvalue weighted by atomic mass is 10.1. The second-order valence-electron chi connectivity index (χ2n) is 3.90. The van der Waals surface area contributed by atoms with Crippen molar-refractivity contribution in [3.8, 4) is 0 Å². The number of benzene rings is 1. The van der Waals surface area contributed by atoms with Gasteiger partial charge in [-0.15, -0.1) is 0 Å². The maximum atomic E-state index is 11.9. The van der Waals surface area contributed by atoms with Crippen LogP contribution in [0, 0.1) is 0 Å². The van der Waals surface area contributed by atoms with Crippen molar-refractivity contribution < 1.29 is 9.59 Å². The molecule has 17 heavy (non-hydrogen) atoms. The molecule has 1 atom stereocenters. The molecule has 0 radical (unpaired) electrons. The quantitative estimate of drug-likeness (QED) is 0.817. The van der Waals surface area contributed by atoms with Gasteiger partial charge in [0.05, 0.1) is 0 Å². The Labute approximate surface area is 101 Å². The second kappa shape index (κ2) is 6.68. The van der Waals surface area contributed by atoms with Crippen molar-refractivity contribution in [1.82, 2.24) is 5.32 Å². The van der Waals surface area contributed by atoms with Crippen LogP contribution in [-0.2, 0) is 9.59 Å². The van der Waals surface area contributed by atoms with Crippen LogP contribution >= 0.6 is 0 Å². The van der Waals surface area contributed by atoms with Crippen LogP contribution in [0.1, 0.15) is 26.7 Å². The van der Waals surface area contributed by atoms with E-state index in [0.717, 1.165) is 12.1 Å². The summed E-state index contributed by atoms with van der Waals surface area (Å²) in [5.74, 6) is -0.361. The summed E-state index contributed by atoms with van der Waals surface area (Å²) in [4.78, 5) is 22.9. The first-order valence-corrected chi connectivity index (χ1v) is 5.76. The Bertz CT molecular complexity index is 376. The molecular weight excluding hydrogens is 216 g/mol. The standard InChI is InChI=1S/C13H18N2O2/c1-3-7-12(14-10(2)16)13(17)15-11-8-5-4-6-9-11/h4-6,8-9,12H,3,7H2,1-2H3,(H,14,16)(H,15,17). The van der Waals surface area contributed by atoms with Gasteiger partial charge in [-0.3, -0.25) is 9.59 Å². The largest absolute Gasteiger partial charge is 0.345 e. The molecule has 4 heteroatoms. The molecule has 1 unspecified atom stereocenters. The zero-order valence-electron chi connectivity index (χ0n) is 10.2. The molecule has 0 spiro atoms. The highest BCUT2D eigenvalue weighted by atomic mass is 16.2. The molecule has 2 amide bonds. The monoisotopic (exact) mass is 234 g/mol. The summed E-state index contributed by atoms with van der Waals surface area (Å²) in [6.07, 6.45) is 1.48. The Morgan fingerprint density at radius 3 is 2.41 bits per heavy atom. The number of anilines is 1. The maximum Gasteiger partial charge on any atom is 0.246 e. The van der Waals surface area contributed by atoms with Crippen molar-refractivity contribution in [2.75, 3.05) is 5.32 Å². The van der Waals surface area contributed by atoms with Crippen molar-refractivity contribution in [3.05, 3.63) is 30.3 Å². The molecule has 92 valence electrons. The summed E-state index contributed by atoms with van der Waals surface area (Å²) < 4.78 is 0. The zero-order chi connectivity index (χ0) is 12.7. The lowest BCUT2D eigenvalue weighted by molar-refractivity contribution is -0.125. The van der Waals surface area contributed by atoms with Gasteiger partial charge in [0.25, 0.3) is 0 Å². The SMILES string of the molecule is CCCC(NC(C)=O)C(=O)Nc1ccccc1. The van der Waals surface area contributed by atoms with E-state index in [-0.39, 0.29) is 11.8 Å². The summed E-state index contributed by atoms with van der Waals surface area (Å²) in [5.41, 5.74) is 0.740. The molecule has 0 aliphatic heterocycles. The lowest BCUT2D eigenvalue weighted by Gasteiger charge is -2.16. The first kappa shape index (κ1) is 13.2. The summed E-state index contributed by atoms with van der Waals surface area (Å²) in [5, 5.41) is 5.43. The first-order valence-electron chi connectivity index (χ1n) is 5.76. The number of para-hydroxylation sites is 1. The lowest BCUT2D eigenvalue weighted by Crippen LogP contribution is -2.42. The number of rotatable bonds is 5. The van der Waals surface area contributed by atoms with E-state index < -0.39 is 6.04 Å². The average Bonchev–Trinajstić information content (AvgIpc) is 2.29. The number of amides is 2. The van der Waals surface area contributed by atoms with Crippen LogP contribution in [0.25, 0.3) is 0 Å². The van der Waals surface area contributed by atoms with Gasteiger partial charge < -0.3 is 10.6 Å². The van der Waals surface area contributed by atoms with E-state index in [1.54, 1.807) is 0 Å². The smallest absolute Gasteiger partial charge is 0.246 e. The molecule has 0 saturated carbocycles. The molecule has 1 rings (SSSR count). The number of hydrogen-bond donors (Lipinski definition) is 2. The van der Waals surface area contributed by atoms with Crippen LogP contribution in [0.2, 0.25) is 0 Å². The number of carbonyl (C=O) groups is 2. The van der Waals surface area contributed by atoms with E-state index in [1.165, 1.54) is 6.92 Å². The minimum atomic E-state index is -0.460. The first-order chi connectivity index (χ1) is 8.13. The summed E-state index contributed by atoms with van der Waals surface area (Å²) >= 11 is 0. The van der Waals surface area contributed by atoms with Gasteiger partial charge in [-0.05, 0) is 18.6 Å². The van der Waals surface area contributed by atoms with Crippen LogP contribution in [0.3, 0.4) is 0 Å². The molecule has 0 fully saturated rings. The van der Waals surface area contributed by atoms with Gasteiger partial charge in [-0.25, -0.2) is 0 Å². The molecule has 0 bridgehead atoms. The van der Waals surface area contributed by atoms with Gasteiger partial charge in [0.1, 0.15) is 6.04 Å². The molecule has 0 aromatic heterocycles. The Morgan fingerprint density at radius 1 is 1.24 bits per heavy atom. The number of hydrogen-bond acceptors (Lipinski definition) is 2. The van der Waals surface area contributed by atoms with Crippen LogP contribution in [-0.4, -0.2) is 17.9 Å². The summed E-state index contributed by atoms with van der Waals surface area (Å²) in [6, 6.07) is 8.75. The molecule has 0 heterocycles. The fraction of sp³-hybridized carbons (Fsp3) is 0.385. The highest BCUT2D eigenvalue weighted by molar-refractivity contribution is 5.96. The van der Waals surface area contributed by atoms with Gasteiger partial charge in [0.15, 0.2) is 0 Å². The average molecular weight is 234 g/mol. The molecule has 4 nitrogen and oxygen atoms in total. The van der Waals surface area contributed by atoms with Crippen LogP contribution in [0.5, 0.6) is 0 Å². The van der Waals surface area contributed by atoms with Crippen molar-refractivity contribution in [2.24, 2.45) is 0 Å². The highest BCUT2D eigenvalue weighted by Gasteiger charge is 2.18. The van der Waals surface area contributed by atoms with Gasteiger partial charge in [-0.2, -0.15) is 0 Å². The molecular formula is C13H18N2O2. The Balaban J connectivity index is 2.62.